The standard InChI is InChI=1S/C33H37F3N4O3/c1-3-24-8-6-9-28(20-24)38-32(42)40(17-7-19-43-2)23-31(41)39(22-25-12-14-27(15-13-25)33(34,35)36)18-16-26-21-37-30-11-5-4-10-29(26)30/h4-6,8-15,20-21,37H,3,7,16-19,22-23H2,1-2H3,(H,38,42). The monoisotopic (exact) mass is 594 g/mol. The first-order chi connectivity index (χ1) is 20.7. The smallest absolute Gasteiger partial charge is 0.385 e. The summed E-state index contributed by atoms with van der Waals surface area (Å²) in [5, 5.41) is 3.94. The number of anilines is 1. The Balaban J connectivity index is 1.53. The number of alkyl halides is 3. The van der Waals surface area contributed by atoms with Crippen molar-refractivity contribution in [2.75, 3.05) is 38.7 Å². The molecule has 0 unspecified atom stereocenters. The molecule has 43 heavy (non-hydrogen) atoms. The number of hydrogen-bond acceptors (Lipinski definition) is 3. The van der Waals surface area contributed by atoms with Crippen molar-refractivity contribution in [1.29, 1.82) is 0 Å². The summed E-state index contributed by atoms with van der Waals surface area (Å²) in [6, 6.07) is 19.8. The number of benzene rings is 3. The van der Waals surface area contributed by atoms with E-state index in [4.69, 9.17) is 4.74 Å². The Hall–Kier alpha value is -4.31. The van der Waals surface area contributed by atoms with Gasteiger partial charge >= 0.3 is 12.2 Å². The number of para-hydroxylation sites is 1. The number of aryl methyl sites for hydroxylation is 1. The van der Waals surface area contributed by atoms with E-state index < -0.39 is 17.8 Å². The lowest BCUT2D eigenvalue weighted by Crippen LogP contribution is -2.45. The number of carbonyl (C=O) groups is 2. The van der Waals surface area contributed by atoms with Gasteiger partial charge in [0.05, 0.1) is 5.56 Å². The molecular formula is C33H37F3N4O3. The SMILES string of the molecule is CCc1cccc(NC(=O)N(CCCOC)CC(=O)N(CCc2c[nH]c3ccccc23)Cc2ccc(C(F)(F)F)cc2)c1. The van der Waals surface area contributed by atoms with Gasteiger partial charge in [-0.25, -0.2) is 4.79 Å². The molecule has 1 aromatic heterocycles. The summed E-state index contributed by atoms with van der Waals surface area (Å²) in [4.78, 5) is 33.4. The molecule has 0 aliphatic rings. The average molecular weight is 595 g/mol. The summed E-state index contributed by atoms with van der Waals surface area (Å²) in [5.41, 5.74) is 3.51. The van der Waals surface area contributed by atoms with Crippen LogP contribution in [-0.4, -0.2) is 60.1 Å². The molecule has 7 nitrogen and oxygen atoms in total. The van der Waals surface area contributed by atoms with Crippen molar-refractivity contribution < 1.29 is 27.5 Å². The number of aromatic nitrogens is 1. The van der Waals surface area contributed by atoms with E-state index in [-0.39, 0.29) is 25.5 Å². The average Bonchev–Trinajstić information content (AvgIpc) is 3.41. The number of rotatable bonds is 13. The summed E-state index contributed by atoms with van der Waals surface area (Å²) >= 11 is 0. The lowest BCUT2D eigenvalue weighted by Gasteiger charge is -2.28. The van der Waals surface area contributed by atoms with Gasteiger partial charge in [0.15, 0.2) is 0 Å². The maximum Gasteiger partial charge on any atom is 0.416 e. The van der Waals surface area contributed by atoms with Crippen molar-refractivity contribution in [3.8, 4) is 0 Å². The Kier molecular flexibility index (Phi) is 10.8. The predicted octanol–water partition coefficient (Wildman–Crippen LogP) is 6.89. The molecule has 1 heterocycles. The molecule has 4 rings (SSSR count). The minimum absolute atomic E-state index is 0.103. The van der Waals surface area contributed by atoms with Crippen molar-refractivity contribution in [3.63, 3.8) is 0 Å². The van der Waals surface area contributed by atoms with Crippen LogP contribution in [0.3, 0.4) is 0 Å². The molecule has 3 aromatic carbocycles. The first kappa shape index (κ1) is 31.6. The van der Waals surface area contributed by atoms with Crippen molar-refractivity contribution in [2.24, 2.45) is 0 Å². The van der Waals surface area contributed by atoms with Crippen molar-refractivity contribution >= 4 is 28.5 Å². The zero-order valence-electron chi connectivity index (χ0n) is 24.4. The molecule has 0 radical (unpaired) electrons. The van der Waals surface area contributed by atoms with Gasteiger partial charge in [0.25, 0.3) is 0 Å². The summed E-state index contributed by atoms with van der Waals surface area (Å²) in [7, 11) is 1.57. The first-order valence-electron chi connectivity index (χ1n) is 14.3. The van der Waals surface area contributed by atoms with Crippen LogP contribution in [0.15, 0.2) is 79.0 Å². The maximum absolute atomic E-state index is 13.8. The number of nitrogens with zero attached hydrogens (tertiary/aromatic N) is 2. The fraction of sp³-hybridized carbons (Fsp3) is 0.333. The van der Waals surface area contributed by atoms with E-state index >= 15 is 0 Å². The first-order valence-corrected chi connectivity index (χ1v) is 14.3. The molecule has 10 heteroatoms. The number of methoxy groups -OCH3 is 1. The minimum Gasteiger partial charge on any atom is -0.385 e. The van der Waals surface area contributed by atoms with Crippen molar-refractivity contribution in [1.82, 2.24) is 14.8 Å². The zero-order chi connectivity index (χ0) is 30.8. The second-order valence-corrected chi connectivity index (χ2v) is 10.4. The Labute approximate surface area is 249 Å². The third kappa shape index (κ3) is 8.84. The van der Waals surface area contributed by atoms with Gasteiger partial charge in [0.2, 0.25) is 5.91 Å². The number of halogens is 3. The van der Waals surface area contributed by atoms with Gasteiger partial charge < -0.3 is 24.8 Å². The highest BCUT2D eigenvalue weighted by atomic mass is 19.4. The second-order valence-electron chi connectivity index (χ2n) is 10.4. The molecular weight excluding hydrogens is 557 g/mol. The van der Waals surface area contributed by atoms with E-state index in [1.54, 1.807) is 18.1 Å². The van der Waals surface area contributed by atoms with Crippen LogP contribution in [0.4, 0.5) is 23.7 Å². The molecule has 3 amide bonds. The predicted molar refractivity (Wildman–Crippen MR) is 162 cm³/mol. The highest BCUT2D eigenvalue weighted by Crippen LogP contribution is 2.29. The summed E-state index contributed by atoms with van der Waals surface area (Å²) in [6.45, 7) is 2.95. The number of ether oxygens (including phenoxy) is 1. The lowest BCUT2D eigenvalue weighted by molar-refractivity contribution is -0.137. The number of aromatic amines is 1. The van der Waals surface area contributed by atoms with E-state index in [1.807, 2.05) is 55.6 Å². The molecule has 0 fully saturated rings. The van der Waals surface area contributed by atoms with Crippen LogP contribution < -0.4 is 5.32 Å². The van der Waals surface area contributed by atoms with Gasteiger partial charge in [0.1, 0.15) is 6.54 Å². The van der Waals surface area contributed by atoms with Crippen LogP contribution in [0.25, 0.3) is 10.9 Å². The van der Waals surface area contributed by atoms with E-state index in [0.29, 0.717) is 37.2 Å². The van der Waals surface area contributed by atoms with E-state index in [1.165, 1.54) is 17.0 Å². The minimum atomic E-state index is -4.45. The van der Waals surface area contributed by atoms with E-state index in [2.05, 4.69) is 10.3 Å². The summed E-state index contributed by atoms with van der Waals surface area (Å²) < 4.78 is 44.6. The Morgan fingerprint density at radius 2 is 1.70 bits per heavy atom. The van der Waals surface area contributed by atoms with Crippen LogP contribution in [0.1, 0.15) is 35.6 Å². The molecule has 0 aliphatic heterocycles. The zero-order valence-corrected chi connectivity index (χ0v) is 24.4. The van der Waals surface area contributed by atoms with Crippen molar-refractivity contribution in [3.05, 3.63) is 101 Å². The molecule has 0 atom stereocenters. The maximum atomic E-state index is 13.8. The van der Waals surface area contributed by atoms with Crippen LogP contribution in [0.5, 0.6) is 0 Å². The van der Waals surface area contributed by atoms with E-state index in [9.17, 15) is 22.8 Å². The number of nitrogens with one attached hydrogen (secondary N) is 2. The fourth-order valence-corrected chi connectivity index (χ4v) is 4.89. The summed E-state index contributed by atoms with van der Waals surface area (Å²) in [5.74, 6) is -0.311. The number of H-pyrrole nitrogens is 1. The summed E-state index contributed by atoms with van der Waals surface area (Å²) in [6.07, 6.45) is -0.679. The number of fused-ring (bicyclic) bond motifs is 1. The number of hydrogen-bond donors (Lipinski definition) is 2. The Morgan fingerprint density at radius 1 is 0.930 bits per heavy atom. The van der Waals surface area contributed by atoms with Gasteiger partial charge in [0, 0.05) is 56.1 Å². The molecule has 4 aromatic rings. The largest absolute Gasteiger partial charge is 0.416 e. The van der Waals surface area contributed by atoms with Gasteiger partial charge in [-0.2, -0.15) is 13.2 Å². The van der Waals surface area contributed by atoms with Gasteiger partial charge in [-0.15, -0.1) is 0 Å². The van der Waals surface area contributed by atoms with Crippen molar-refractivity contribution in [2.45, 2.75) is 38.9 Å². The molecule has 0 aliphatic carbocycles. The number of urea groups is 1. The molecule has 0 spiro atoms. The number of carbonyl (C=O) groups excluding carboxylic acids is 2. The third-order valence-electron chi connectivity index (χ3n) is 7.31. The van der Waals surface area contributed by atoms with Gasteiger partial charge in [-0.05, 0) is 66.3 Å². The molecule has 0 bridgehead atoms. The highest BCUT2D eigenvalue weighted by molar-refractivity contribution is 5.92. The molecule has 0 saturated carbocycles. The third-order valence-corrected chi connectivity index (χ3v) is 7.31. The molecule has 2 N–H and O–H groups in total. The quantitative estimate of drug-likeness (QED) is 0.166. The van der Waals surface area contributed by atoms with Gasteiger partial charge in [-0.1, -0.05) is 49.4 Å². The topological polar surface area (TPSA) is 77.7 Å². The fourth-order valence-electron chi connectivity index (χ4n) is 4.89. The van der Waals surface area contributed by atoms with Crippen LogP contribution in [0, 0.1) is 0 Å². The normalized spacial score (nSPS) is 11.5. The van der Waals surface area contributed by atoms with Crippen LogP contribution in [0.2, 0.25) is 0 Å². The Morgan fingerprint density at radius 3 is 2.42 bits per heavy atom. The Bertz CT molecular complexity index is 1500. The van der Waals surface area contributed by atoms with Crippen LogP contribution in [-0.2, 0) is 35.1 Å². The van der Waals surface area contributed by atoms with Crippen LogP contribution >= 0.6 is 0 Å². The molecule has 228 valence electrons. The van der Waals surface area contributed by atoms with E-state index in [0.717, 1.165) is 40.6 Å². The van der Waals surface area contributed by atoms with Gasteiger partial charge in [-0.3, -0.25) is 4.79 Å². The second kappa shape index (κ2) is 14.7. The lowest BCUT2D eigenvalue weighted by atomic mass is 10.1. The highest BCUT2D eigenvalue weighted by Gasteiger charge is 2.30. The number of amides is 3. The molecule has 0 saturated heterocycles.